The first-order chi connectivity index (χ1) is 37.6. The van der Waals surface area contributed by atoms with Crippen molar-refractivity contribution in [2.75, 3.05) is 5.32 Å². The molecule has 0 bridgehead atoms. The molecule has 0 aliphatic carbocycles. The van der Waals surface area contributed by atoms with E-state index in [-0.39, 0.29) is 231 Å². The summed E-state index contributed by atoms with van der Waals surface area (Å²) in [7, 11) is -26.3. The number of phenols is 2. The quantitative estimate of drug-likeness (QED) is 0.0394. The molecule has 0 amide bonds. The summed E-state index contributed by atoms with van der Waals surface area (Å²) in [5, 5.41) is 49.9. The van der Waals surface area contributed by atoms with Gasteiger partial charge in [0, 0.05) is 61.4 Å². The molecule has 10 aromatic rings. The van der Waals surface area contributed by atoms with Gasteiger partial charge in [-0.05, 0) is 95.4 Å². The Labute approximate surface area is 610 Å². The zero-order chi connectivity index (χ0) is 57.3. The fourth-order valence-electron chi connectivity index (χ4n) is 8.47. The molecule has 1 radical (unpaired) electrons. The van der Waals surface area contributed by atoms with E-state index in [9.17, 15) is 75.1 Å². The van der Waals surface area contributed by atoms with Gasteiger partial charge in [-0.15, -0.1) is 25.5 Å². The van der Waals surface area contributed by atoms with Crippen molar-refractivity contribution in [3.8, 4) is 17.2 Å². The number of benzene rings is 9. The summed E-state index contributed by atoms with van der Waals surface area (Å²) < 4.78 is 186. The molecule has 25 nitrogen and oxygen atoms in total. The summed E-state index contributed by atoms with van der Waals surface area (Å²) in [5.41, 5.74) is -1.74. The van der Waals surface area contributed by atoms with Crippen LogP contribution in [0.3, 0.4) is 0 Å². The minimum absolute atomic E-state index is 0. The maximum atomic E-state index is 12.7. The molecule has 0 spiro atoms. The molecule has 1 heterocycles. The Morgan fingerprint density at radius 2 is 1.02 bits per heavy atom. The third-order valence-corrected chi connectivity index (χ3v) is 16.4. The van der Waals surface area contributed by atoms with Gasteiger partial charge in [0.1, 0.15) is 78.7 Å². The molecule has 417 valence electrons. The van der Waals surface area contributed by atoms with Crippen LogP contribution in [0.1, 0.15) is 11.1 Å². The van der Waals surface area contributed by atoms with Crippen LogP contribution in [0, 0.1) is 0 Å². The van der Waals surface area contributed by atoms with E-state index < -0.39 is 104 Å². The Morgan fingerprint density at radius 3 is 1.64 bits per heavy atom. The van der Waals surface area contributed by atoms with Crippen molar-refractivity contribution in [2.24, 2.45) is 20.5 Å². The number of para-hydroxylation sites is 1. The van der Waals surface area contributed by atoms with E-state index in [0.717, 1.165) is 83.7 Å². The average molecular weight is 1350 g/mol. The van der Waals surface area contributed by atoms with Crippen molar-refractivity contribution in [1.29, 1.82) is 0 Å². The number of rotatable bonds is 14. The zero-order valence-electron chi connectivity index (χ0n) is 45.0. The second kappa shape index (κ2) is 29.2. The van der Waals surface area contributed by atoms with E-state index in [4.69, 9.17) is 0 Å². The van der Waals surface area contributed by atoms with Crippen molar-refractivity contribution in [1.82, 2.24) is 15.0 Å². The van der Waals surface area contributed by atoms with Gasteiger partial charge < -0.3 is 38.3 Å². The minimum atomic E-state index is -5.41. The van der Waals surface area contributed by atoms with Crippen LogP contribution in [-0.2, 0) is 67.7 Å². The second-order valence-electron chi connectivity index (χ2n) is 17.2. The predicted octanol–water partition coefficient (Wildman–Crippen LogP) is -6.43. The van der Waals surface area contributed by atoms with Crippen LogP contribution in [0.2, 0.25) is 0 Å². The maximum Gasteiger partial charge on any atom is 1.00 e. The first-order valence-corrected chi connectivity index (χ1v) is 29.5. The monoisotopic (exact) mass is 1350 g/mol. The van der Waals surface area contributed by atoms with Crippen molar-refractivity contribution < 1.29 is 240 Å². The van der Waals surface area contributed by atoms with E-state index in [2.05, 4.69) is 36.0 Å². The number of azo groups is 2. The molecule has 0 aliphatic rings. The maximum absolute atomic E-state index is 12.7. The Kier molecular flexibility index (Phi) is 25.5. The molecular weight excluding hydrogens is 1320 g/mol. The van der Waals surface area contributed by atoms with Crippen LogP contribution >= 0.6 is 0 Å². The van der Waals surface area contributed by atoms with E-state index in [1.165, 1.54) is 36.4 Å². The van der Waals surface area contributed by atoms with E-state index >= 15 is 0 Å². The van der Waals surface area contributed by atoms with Crippen molar-refractivity contribution in [3.05, 3.63) is 157 Å². The van der Waals surface area contributed by atoms with Gasteiger partial charge in [-0.1, -0.05) is 72.8 Å². The summed E-state index contributed by atoms with van der Waals surface area (Å²) >= 11 is 0. The van der Waals surface area contributed by atoms with Gasteiger partial charge in [0.15, 0.2) is 5.75 Å². The molecular formula is C50H29CuN8Na5O17S5. The third-order valence-electron chi connectivity index (χ3n) is 12.1. The normalized spacial score (nSPS) is 12.1. The van der Waals surface area contributed by atoms with Crippen molar-refractivity contribution in [3.63, 3.8) is 0 Å². The molecule has 0 saturated carbocycles. The number of nitrogens with one attached hydrogen (secondary N) is 1. The molecule has 86 heavy (non-hydrogen) atoms. The number of anilines is 2. The summed E-state index contributed by atoms with van der Waals surface area (Å²) in [6.45, 7) is 0. The fourth-order valence-corrected chi connectivity index (χ4v) is 11.7. The second-order valence-corrected chi connectivity index (χ2v) is 24.0. The van der Waals surface area contributed by atoms with Crippen LogP contribution in [0.15, 0.2) is 191 Å². The summed E-state index contributed by atoms with van der Waals surface area (Å²) in [4.78, 5) is -3.34. The largest absolute Gasteiger partial charge is 1.00 e. The average Bonchev–Trinajstić information content (AvgIpc) is 3.84. The van der Waals surface area contributed by atoms with Gasteiger partial charge in [0.25, 0.3) is 0 Å². The first kappa shape index (κ1) is 75.0. The Bertz CT molecular complexity index is 5020. The topological polar surface area (TPSA) is 419 Å². The van der Waals surface area contributed by atoms with Gasteiger partial charge in [-0.25, -0.2) is 42.1 Å². The van der Waals surface area contributed by atoms with Crippen LogP contribution in [-0.4, -0.2) is 90.1 Å². The summed E-state index contributed by atoms with van der Waals surface area (Å²) in [6, 6.07) is 30.8. The predicted molar refractivity (Wildman–Crippen MR) is 281 cm³/mol. The fraction of sp³-hybridized carbons (Fsp3) is 0. The van der Waals surface area contributed by atoms with Crippen LogP contribution in [0.25, 0.3) is 61.2 Å². The third kappa shape index (κ3) is 16.4. The smallest absolute Gasteiger partial charge is 0.744 e. The molecule has 0 fully saturated rings. The standard InChI is InChI=1S/C50H34N8O17S5.Cu.5Na/c59-42-25-40(39-24-34(76(61,62)63)17-19-38(39)48(42)54-55-49-46(80(73,74)75)21-29-20-31(15-18-35(29)50(49)60)51-30-6-2-1-3-7-30)53-52-32-14-12-27(43(22-32)77(64,65)66)10-11-28-13-16-33(23-44(28)78(67,68)69)58-56-41-26-45(79(70,71)72)36-8-4-5-9-37(36)47(41)57-58;;;;;;/h1-26,51,59-60H,(H,61,62,63)(H,64,65,66)(H,67,68,69)(H,70,71,72)(H,73,74,75);;;;;;/q;;5*+1/p-5. The number of nitrogens with zero attached hydrogens (tertiary/aromatic N) is 7. The Hall–Kier alpha value is -3.43. The van der Waals surface area contributed by atoms with Gasteiger partial charge in [0.05, 0.1) is 41.5 Å². The van der Waals surface area contributed by atoms with Gasteiger partial charge in [-0.3, -0.25) is 0 Å². The van der Waals surface area contributed by atoms with E-state index in [0.29, 0.717) is 11.4 Å². The summed E-state index contributed by atoms with van der Waals surface area (Å²) in [6.07, 6.45) is 1.99. The summed E-state index contributed by atoms with van der Waals surface area (Å²) in [5.74, 6) is -1.60. The molecule has 0 aliphatic heterocycles. The molecule has 0 unspecified atom stereocenters. The minimum Gasteiger partial charge on any atom is -0.744 e. The molecule has 1 aromatic heterocycles. The molecule has 0 atom stereocenters. The molecule has 36 heteroatoms. The number of hydrogen-bond acceptors (Lipinski definition) is 24. The molecule has 9 aromatic carbocycles. The first-order valence-electron chi connectivity index (χ1n) is 22.4. The number of aromatic hydroxyl groups is 2. The number of aromatic nitrogens is 3. The Morgan fingerprint density at radius 1 is 0.453 bits per heavy atom. The van der Waals surface area contributed by atoms with Gasteiger partial charge in [-0.2, -0.15) is 9.91 Å². The van der Waals surface area contributed by atoms with Crippen LogP contribution < -0.4 is 153 Å². The molecule has 0 saturated heterocycles. The van der Waals surface area contributed by atoms with Crippen LogP contribution in [0.4, 0.5) is 34.1 Å². The zero-order valence-corrected chi connectivity index (χ0v) is 60.0. The number of fused-ring (bicyclic) bond motifs is 5. The van der Waals surface area contributed by atoms with Gasteiger partial charge in [0.2, 0.25) is 0 Å². The van der Waals surface area contributed by atoms with Gasteiger partial charge >= 0.3 is 148 Å². The van der Waals surface area contributed by atoms with Crippen molar-refractivity contribution in [2.45, 2.75) is 24.5 Å². The van der Waals surface area contributed by atoms with Crippen molar-refractivity contribution >= 4 is 140 Å². The van der Waals surface area contributed by atoms with E-state index in [1.807, 2.05) is 0 Å². The van der Waals surface area contributed by atoms with E-state index in [1.54, 1.807) is 42.5 Å². The number of hydrogen-bond donors (Lipinski definition) is 3. The number of phenolic OH excluding ortho intramolecular Hbond substituents is 2. The Balaban J connectivity index is 0.00000264. The molecule has 10 rings (SSSR count). The SMILES string of the molecule is O=S(=O)([O-])c1ccc2c(N=Nc3c(S(=O)(=O)[O-])cc4cc(Nc5ccccc5)ccc4c3O)c(O)cc(N=Nc3ccc(C=Cc4ccc(-n5nc6cc(S(=O)(=O)[O-])c7ccccc7c6n5)cc4S(=O)(=O)[O-])c(S(=O)(=O)[O-])c3)c2c1.[Cu].[Na+].[Na+].[Na+].[Na+].[Na+]. The van der Waals surface area contributed by atoms with Crippen LogP contribution in [0.5, 0.6) is 11.5 Å². The molecule has 3 N–H and O–H groups in total.